The first-order chi connectivity index (χ1) is 10.1. The topological polar surface area (TPSA) is 67.9 Å². The van der Waals surface area contributed by atoms with E-state index >= 15 is 0 Å². The van der Waals surface area contributed by atoms with E-state index in [9.17, 15) is 9.59 Å². The summed E-state index contributed by atoms with van der Waals surface area (Å²) < 4.78 is 9.86. The molecule has 114 valence electrons. The van der Waals surface area contributed by atoms with Gasteiger partial charge in [-0.3, -0.25) is 14.9 Å². The molecule has 2 rings (SSSR count). The molecule has 6 nitrogen and oxygen atoms in total. The Bertz CT molecular complexity index is 544. The van der Waals surface area contributed by atoms with Gasteiger partial charge in [0.25, 0.3) is 0 Å². The fraction of sp³-hybridized carbons (Fsp3) is 0.467. The molecule has 1 heterocycles. The minimum atomic E-state index is -0.320. The van der Waals surface area contributed by atoms with Gasteiger partial charge in [0.15, 0.2) is 0 Å². The third kappa shape index (κ3) is 3.33. The van der Waals surface area contributed by atoms with Crippen LogP contribution >= 0.6 is 0 Å². The van der Waals surface area contributed by atoms with E-state index < -0.39 is 0 Å². The number of ether oxygens (including phenoxy) is 2. The summed E-state index contributed by atoms with van der Waals surface area (Å²) in [5.41, 5.74) is 1.98. The summed E-state index contributed by atoms with van der Waals surface area (Å²) in [6.45, 7) is 2.57. The van der Waals surface area contributed by atoms with Crippen molar-refractivity contribution in [3.8, 4) is 5.75 Å². The van der Waals surface area contributed by atoms with Crippen LogP contribution in [0.4, 0.5) is 0 Å². The predicted molar refractivity (Wildman–Crippen MR) is 76.8 cm³/mol. The van der Waals surface area contributed by atoms with Crippen molar-refractivity contribution in [2.24, 2.45) is 0 Å². The smallest absolute Gasteiger partial charge is 0.307 e. The van der Waals surface area contributed by atoms with Crippen LogP contribution in [-0.2, 0) is 14.3 Å². The molecule has 0 saturated carbocycles. The first-order valence-electron chi connectivity index (χ1n) is 6.81. The molecule has 0 radical (unpaired) electrons. The quantitative estimate of drug-likeness (QED) is 0.820. The van der Waals surface area contributed by atoms with Crippen molar-refractivity contribution < 1.29 is 19.1 Å². The van der Waals surface area contributed by atoms with Crippen LogP contribution in [0, 0.1) is 6.92 Å². The molecule has 1 aromatic carbocycles. The monoisotopic (exact) mass is 292 g/mol. The molecule has 1 fully saturated rings. The molecule has 0 spiro atoms. The van der Waals surface area contributed by atoms with Gasteiger partial charge in [0.05, 0.1) is 27.2 Å². The van der Waals surface area contributed by atoms with Gasteiger partial charge >= 0.3 is 5.97 Å². The second kappa shape index (κ2) is 6.58. The van der Waals surface area contributed by atoms with Gasteiger partial charge in [-0.05, 0) is 30.2 Å². The van der Waals surface area contributed by atoms with Crippen LogP contribution in [0.25, 0.3) is 0 Å². The lowest BCUT2D eigenvalue weighted by atomic mass is 10.1. The average molecular weight is 292 g/mol. The number of hydrogen-bond donors (Lipinski definition) is 1. The summed E-state index contributed by atoms with van der Waals surface area (Å²) in [5.74, 6) is 0.473. The molecule has 1 unspecified atom stereocenters. The van der Waals surface area contributed by atoms with Crippen LogP contribution in [0.2, 0.25) is 0 Å². The van der Waals surface area contributed by atoms with Crippen molar-refractivity contribution in [2.75, 3.05) is 27.3 Å². The standard InChI is InChI=1S/C15H20N2O4/c1-10-8-11(4-5-12(10)20-2)15-16-9-13(18)17(15)7-6-14(19)21-3/h4-5,8,15-16H,6-7,9H2,1-3H3. The number of aryl methyl sites for hydroxylation is 1. The Morgan fingerprint density at radius 2 is 2.19 bits per heavy atom. The van der Waals surface area contributed by atoms with Gasteiger partial charge in [-0.15, -0.1) is 0 Å². The van der Waals surface area contributed by atoms with Crippen LogP contribution in [0.3, 0.4) is 0 Å². The molecule has 1 amide bonds. The van der Waals surface area contributed by atoms with E-state index in [1.54, 1.807) is 12.0 Å². The highest BCUT2D eigenvalue weighted by atomic mass is 16.5. The highest BCUT2D eigenvalue weighted by molar-refractivity contribution is 5.81. The minimum Gasteiger partial charge on any atom is -0.496 e. The maximum Gasteiger partial charge on any atom is 0.307 e. The highest BCUT2D eigenvalue weighted by Gasteiger charge is 2.31. The maximum atomic E-state index is 12.0. The highest BCUT2D eigenvalue weighted by Crippen LogP contribution is 2.27. The Hall–Kier alpha value is -2.08. The molecule has 0 aromatic heterocycles. The van der Waals surface area contributed by atoms with Gasteiger partial charge in [0.2, 0.25) is 5.91 Å². The van der Waals surface area contributed by atoms with E-state index in [4.69, 9.17) is 4.74 Å². The fourth-order valence-electron chi connectivity index (χ4n) is 2.48. The first-order valence-corrected chi connectivity index (χ1v) is 6.81. The van der Waals surface area contributed by atoms with Crippen LogP contribution < -0.4 is 10.1 Å². The minimum absolute atomic E-state index is 0.0163. The lowest BCUT2D eigenvalue weighted by Gasteiger charge is -2.24. The second-order valence-corrected chi connectivity index (χ2v) is 4.93. The Morgan fingerprint density at radius 3 is 2.81 bits per heavy atom. The number of nitrogens with one attached hydrogen (secondary N) is 1. The molecule has 1 saturated heterocycles. The maximum absolute atomic E-state index is 12.0. The zero-order valence-electron chi connectivity index (χ0n) is 12.5. The number of rotatable bonds is 5. The van der Waals surface area contributed by atoms with Gasteiger partial charge in [-0.1, -0.05) is 6.07 Å². The van der Waals surface area contributed by atoms with Gasteiger partial charge < -0.3 is 14.4 Å². The van der Waals surface area contributed by atoms with E-state index in [1.165, 1.54) is 7.11 Å². The summed E-state index contributed by atoms with van der Waals surface area (Å²) in [6.07, 6.45) is -0.0259. The van der Waals surface area contributed by atoms with E-state index in [-0.39, 0.29) is 31.0 Å². The molecule has 0 aliphatic carbocycles. The Balaban J connectivity index is 2.15. The number of esters is 1. The van der Waals surface area contributed by atoms with Crippen molar-refractivity contribution in [1.82, 2.24) is 10.2 Å². The normalized spacial score (nSPS) is 18.0. The summed E-state index contributed by atoms with van der Waals surface area (Å²) in [6, 6.07) is 5.79. The van der Waals surface area contributed by atoms with E-state index in [1.807, 2.05) is 25.1 Å². The van der Waals surface area contributed by atoms with Crippen molar-refractivity contribution in [1.29, 1.82) is 0 Å². The van der Waals surface area contributed by atoms with Crippen LogP contribution in [0.15, 0.2) is 18.2 Å². The lowest BCUT2D eigenvalue weighted by molar-refractivity contribution is -0.141. The zero-order chi connectivity index (χ0) is 15.4. The predicted octanol–water partition coefficient (Wildman–Crippen LogP) is 0.997. The third-order valence-corrected chi connectivity index (χ3v) is 3.60. The molecular formula is C15H20N2O4. The molecule has 0 bridgehead atoms. The Labute approximate surface area is 124 Å². The number of nitrogens with zero attached hydrogens (tertiary/aromatic N) is 1. The molecule has 6 heteroatoms. The summed E-state index contributed by atoms with van der Waals surface area (Å²) in [5, 5.41) is 3.16. The molecule has 1 aliphatic rings. The number of carbonyl (C=O) groups is 2. The van der Waals surface area contributed by atoms with Gasteiger partial charge in [0, 0.05) is 6.54 Å². The molecule has 1 atom stereocenters. The number of benzene rings is 1. The van der Waals surface area contributed by atoms with Crippen LogP contribution in [-0.4, -0.2) is 44.1 Å². The number of carbonyl (C=O) groups excluding carboxylic acids is 2. The largest absolute Gasteiger partial charge is 0.496 e. The SMILES string of the molecule is COC(=O)CCN1C(=O)CNC1c1ccc(OC)c(C)c1. The van der Waals surface area contributed by atoms with Crippen molar-refractivity contribution in [2.45, 2.75) is 19.5 Å². The Kier molecular flexibility index (Phi) is 4.80. The first kappa shape index (κ1) is 15.3. The van der Waals surface area contributed by atoms with Crippen LogP contribution in [0.1, 0.15) is 23.7 Å². The summed E-state index contributed by atoms with van der Waals surface area (Å²) in [7, 11) is 2.97. The molecule has 1 aromatic rings. The van der Waals surface area contributed by atoms with Gasteiger partial charge in [0.1, 0.15) is 11.9 Å². The Morgan fingerprint density at radius 1 is 1.43 bits per heavy atom. The molecule has 1 aliphatic heterocycles. The van der Waals surface area contributed by atoms with Crippen LogP contribution in [0.5, 0.6) is 5.75 Å². The van der Waals surface area contributed by atoms with E-state index in [0.717, 1.165) is 16.9 Å². The third-order valence-electron chi connectivity index (χ3n) is 3.60. The zero-order valence-corrected chi connectivity index (χ0v) is 12.5. The molecular weight excluding hydrogens is 272 g/mol. The van der Waals surface area contributed by atoms with Crippen molar-refractivity contribution in [3.63, 3.8) is 0 Å². The second-order valence-electron chi connectivity index (χ2n) is 4.93. The van der Waals surface area contributed by atoms with E-state index in [0.29, 0.717) is 6.54 Å². The van der Waals surface area contributed by atoms with Crippen molar-refractivity contribution in [3.05, 3.63) is 29.3 Å². The molecule has 1 N–H and O–H groups in total. The lowest BCUT2D eigenvalue weighted by Crippen LogP contribution is -2.32. The fourth-order valence-corrected chi connectivity index (χ4v) is 2.48. The number of methoxy groups -OCH3 is 2. The van der Waals surface area contributed by atoms with Gasteiger partial charge in [-0.25, -0.2) is 0 Å². The number of hydrogen-bond acceptors (Lipinski definition) is 5. The summed E-state index contributed by atoms with van der Waals surface area (Å²) in [4.78, 5) is 24.9. The van der Waals surface area contributed by atoms with Crippen molar-refractivity contribution >= 4 is 11.9 Å². The summed E-state index contributed by atoms with van der Waals surface area (Å²) >= 11 is 0. The number of amides is 1. The van der Waals surface area contributed by atoms with E-state index in [2.05, 4.69) is 10.1 Å². The average Bonchev–Trinajstić information content (AvgIpc) is 2.85. The van der Waals surface area contributed by atoms with Gasteiger partial charge in [-0.2, -0.15) is 0 Å². The molecule has 21 heavy (non-hydrogen) atoms.